The predicted molar refractivity (Wildman–Crippen MR) is 60.6 cm³/mol. The number of rotatable bonds is 5. The van der Waals surface area contributed by atoms with Crippen LogP contribution < -0.4 is 10.6 Å². The van der Waals surface area contributed by atoms with E-state index < -0.39 is 0 Å². The van der Waals surface area contributed by atoms with Gasteiger partial charge in [-0.25, -0.2) is 4.98 Å². The zero-order valence-corrected chi connectivity index (χ0v) is 10.0. The van der Waals surface area contributed by atoms with Crippen LogP contribution in [-0.4, -0.2) is 23.1 Å². The normalized spacial score (nSPS) is 14.1. The molecule has 0 radical (unpaired) electrons. The van der Waals surface area contributed by atoms with Gasteiger partial charge in [0.15, 0.2) is 6.39 Å². The Bertz CT molecular complexity index is 264. The van der Waals surface area contributed by atoms with E-state index >= 15 is 0 Å². The van der Waals surface area contributed by atoms with Crippen molar-refractivity contribution in [3.8, 4) is 0 Å². The fourth-order valence-electron chi connectivity index (χ4n) is 1.14. The standard InChI is InChI=1S/C11H21N3O/c1-9(5-14-11(2,3)4)13-7-10-6-12-8-15-10/h6,8-9,13-14H,5,7H2,1-4H3. The Morgan fingerprint density at radius 1 is 1.47 bits per heavy atom. The summed E-state index contributed by atoms with van der Waals surface area (Å²) >= 11 is 0. The Hall–Kier alpha value is -0.870. The molecule has 0 aliphatic heterocycles. The number of aromatic nitrogens is 1. The Kier molecular flexibility index (Phi) is 4.29. The lowest BCUT2D eigenvalue weighted by Crippen LogP contribution is -2.44. The molecule has 0 aliphatic carbocycles. The highest BCUT2D eigenvalue weighted by atomic mass is 16.3. The van der Waals surface area contributed by atoms with Gasteiger partial charge in [0, 0.05) is 18.1 Å². The third kappa shape index (κ3) is 5.54. The first-order valence-electron chi connectivity index (χ1n) is 5.33. The highest BCUT2D eigenvalue weighted by Gasteiger charge is 2.10. The largest absolute Gasteiger partial charge is 0.447 e. The van der Waals surface area contributed by atoms with Gasteiger partial charge in [-0.1, -0.05) is 0 Å². The maximum atomic E-state index is 5.14. The summed E-state index contributed by atoms with van der Waals surface area (Å²) in [6.07, 6.45) is 3.19. The topological polar surface area (TPSA) is 50.1 Å². The maximum absolute atomic E-state index is 5.14. The maximum Gasteiger partial charge on any atom is 0.180 e. The zero-order valence-electron chi connectivity index (χ0n) is 10.0. The molecule has 1 aromatic rings. The van der Waals surface area contributed by atoms with Crippen LogP contribution in [0.3, 0.4) is 0 Å². The molecule has 0 aromatic carbocycles. The van der Waals surface area contributed by atoms with Crippen molar-refractivity contribution in [1.82, 2.24) is 15.6 Å². The van der Waals surface area contributed by atoms with Crippen molar-refractivity contribution in [2.24, 2.45) is 0 Å². The van der Waals surface area contributed by atoms with Gasteiger partial charge >= 0.3 is 0 Å². The van der Waals surface area contributed by atoms with Gasteiger partial charge in [-0.2, -0.15) is 0 Å². The summed E-state index contributed by atoms with van der Waals surface area (Å²) in [5.74, 6) is 0.873. The second-order valence-corrected chi connectivity index (χ2v) is 4.88. The number of nitrogens with zero attached hydrogens (tertiary/aromatic N) is 1. The Labute approximate surface area is 91.5 Å². The molecule has 0 fully saturated rings. The lowest BCUT2D eigenvalue weighted by Gasteiger charge is -2.23. The van der Waals surface area contributed by atoms with Crippen molar-refractivity contribution in [3.63, 3.8) is 0 Å². The van der Waals surface area contributed by atoms with Gasteiger partial charge in [-0.3, -0.25) is 0 Å². The molecular formula is C11H21N3O. The van der Waals surface area contributed by atoms with E-state index in [0.717, 1.165) is 18.8 Å². The van der Waals surface area contributed by atoms with Crippen LogP contribution in [0.15, 0.2) is 17.0 Å². The zero-order chi connectivity index (χ0) is 11.3. The van der Waals surface area contributed by atoms with E-state index in [0.29, 0.717) is 6.04 Å². The Morgan fingerprint density at radius 3 is 2.73 bits per heavy atom. The van der Waals surface area contributed by atoms with Crippen LogP contribution in [0.5, 0.6) is 0 Å². The molecule has 1 unspecified atom stereocenters. The molecule has 0 saturated carbocycles. The summed E-state index contributed by atoms with van der Waals surface area (Å²) in [6.45, 7) is 10.3. The second kappa shape index (κ2) is 5.28. The number of hydrogen-bond acceptors (Lipinski definition) is 4. The molecule has 2 N–H and O–H groups in total. The average Bonchev–Trinajstić information content (AvgIpc) is 2.62. The smallest absolute Gasteiger partial charge is 0.180 e. The first-order chi connectivity index (χ1) is 6.97. The van der Waals surface area contributed by atoms with Crippen LogP contribution in [0.1, 0.15) is 33.5 Å². The molecular weight excluding hydrogens is 190 g/mol. The van der Waals surface area contributed by atoms with E-state index in [2.05, 4.69) is 43.3 Å². The fourth-order valence-corrected chi connectivity index (χ4v) is 1.14. The number of nitrogens with one attached hydrogen (secondary N) is 2. The van der Waals surface area contributed by atoms with Crippen molar-refractivity contribution in [1.29, 1.82) is 0 Å². The van der Waals surface area contributed by atoms with Crippen LogP contribution in [-0.2, 0) is 6.54 Å². The first kappa shape index (κ1) is 12.2. The number of oxazole rings is 1. The summed E-state index contributed by atoms with van der Waals surface area (Å²) in [6, 6.07) is 0.411. The van der Waals surface area contributed by atoms with Crippen LogP contribution in [0.25, 0.3) is 0 Å². The summed E-state index contributed by atoms with van der Waals surface area (Å²) in [7, 11) is 0. The quantitative estimate of drug-likeness (QED) is 0.775. The molecule has 1 rings (SSSR count). The first-order valence-corrected chi connectivity index (χ1v) is 5.33. The molecule has 1 aromatic heterocycles. The third-order valence-corrected chi connectivity index (χ3v) is 2.05. The van der Waals surface area contributed by atoms with E-state index in [9.17, 15) is 0 Å². The highest BCUT2D eigenvalue weighted by molar-refractivity contribution is 4.88. The van der Waals surface area contributed by atoms with Crippen molar-refractivity contribution < 1.29 is 4.42 Å². The SMILES string of the molecule is CC(CNC(C)(C)C)NCc1cnco1. The molecule has 86 valence electrons. The average molecular weight is 211 g/mol. The fraction of sp³-hybridized carbons (Fsp3) is 0.727. The molecule has 4 nitrogen and oxygen atoms in total. The Balaban J connectivity index is 2.16. The van der Waals surface area contributed by atoms with E-state index in [1.165, 1.54) is 6.39 Å². The van der Waals surface area contributed by atoms with Crippen molar-refractivity contribution in [3.05, 3.63) is 18.4 Å². The molecule has 0 spiro atoms. The molecule has 1 heterocycles. The molecule has 15 heavy (non-hydrogen) atoms. The van der Waals surface area contributed by atoms with Gasteiger partial charge in [0.2, 0.25) is 0 Å². The van der Waals surface area contributed by atoms with Crippen molar-refractivity contribution in [2.75, 3.05) is 6.54 Å². The van der Waals surface area contributed by atoms with Crippen LogP contribution >= 0.6 is 0 Å². The summed E-state index contributed by atoms with van der Waals surface area (Å²) in [4.78, 5) is 3.86. The van der Waals surface area contributed by atoms with E-state index in [1.807, 2.05) is 0 Å². The molecule has 0 saturated heterocycles. The summed E-state index contributed by atoms with van der Waals surface area (Å²) in [5.41, 5.74) is 0.169. The van der Waals surface area contributed by atoms with Gasteiger partial charge < -0.3 is 15.1 Å². The van der Waals surface area contributed by atoms with Crippen LogP contribution in [0.4, 0.5) is 0 Å². The Morgan fingerprint density at radius 2 is 2.20 bits per heavy atom. The minimum absolute atomic E-state index is 0.169. The van der Waals surface area contributed by atoms with Crippen LogP contribution in [0.2, 0.25) is 0 Å². The van der Waals surface area contributed by atoms with Gasteiger partial charge in [-0.05, 0) is 27.7 Å². The summed E-state index contributed by atoms with van der Waals surface area (Å²) < 4.78 is 5.14. The predicted octanol–water partition coefficient (Wildman–Crippen LogP) is 1.54. The molecule has 4 heteroatoms. The van der Waals surface area contributed by atoms with E-state index in [-0.39, 0.29) is 5.54 Å². The molecule has 0 bridgehead atoms. The lowest BCUT2D eigenvalue weighted by molar-refractivity contribution is 0.378. The van der Waals surface area contributed by atoms with Gasteiger partial charge in [0.05, 0.1) is 12.7 Å². The minimum atomic E-state index is 0.169. The van der Waals surface area contributed by atoms with Crippen molar-refractivity contribution >= 4 is 0 Å². The molecule has 0 amide bonds. The molecule has 0 aliphatic rings. The van der Waals surface area contributed by atoms with Gasteiger partial charge in [0.1, 0.15) is 5.76 Å². The third-order valence-electron chi connectivity index (χ3n) is 2.05. The van der Waals surface area contributed by atoms with Crippen molar-refractivity contribution in [2.45, 2.75) is 45.8 Å². The van der Waals surface area contributed by atoms with E-state index in [4.69, 9.17) is 4.42 Å². The monoisotopic (exact) mass is 211 g/mol. The van der Waals surface area contributed by atoms with Gasteiger partial charge in [0.25, 0.3) is 0 Å². The van der Waals surface area contributed by atoms with Gasteiger partial charge in [-0.15, -0.1) is 0 Å². The minimum Gasteiger partial charge on any atom is -0.447 e. The van der Waals surface area contributed by atoms with Crippen LogP contribution in [0, 0.1) is 0 Å². The lowest BCUT2D eigenvalue weighted by atomic mass is 10.1. The summed E-state index contributed by atoms with van der Waals surface area (Å²) in [5, 5.41) is 6.80. The number of hydrogen-bond donors (Lipinski definition) is 2. The molecule has 1 atom stereocenters. The van der Waals surface area contributed by atoms with E-state index in [1.54, 1.807) is 6.20 Å². The highest BCUT2D eigenvalue weighted by Crippen LogP contribution is 1.99. The second-order valence-electron chi connectivity index (χ2n) is 4.88.